The van der Waals surface area contributed by atoms with Crippen LogP contribution in [0.25, 0.3) is 5.57 Å². The van der Waals surface area contributed by atoms with Crippen LogP contribution in [0.4, 0.5) is 5.69 Å². The molecule has 2 fully saturated rings. The number of para-hydroxylation sites is 1. The molecule has 288 valence electrons. The van der Waals surface area contributed by atoms with Crippen LogP contribution in [-0.4, -0.2) is 97.3 Å². The number of allylic oxidation sites excluding steroid dienone is 1. The van der Waals surface area contributed by atoms with Gasteiger partial charge in [0.15, 0.2) is 0 Å². The van der Waals surface area contributed by atoms with Crippen molar-refractivity contribution in [1.82, 2.24) is 15.1 Å². The summed E-state index contributed by atoms with van der Waals surface area (Å²) in [6, 6.07) is 20.9. The van der Waals surface area contributed by atoms with Crippen LogP contribution in [0.2, 0.25) is 0 Å². The van der Waals surface area contributed by atoms with Crippen LogP contribution in [0.5, 0.6) is 5.75 Å². The molecule has 0 saturated carbocycles. The number of nitrogens with one attached hydrogen (secondary N) is 3. The number of likely N-dealkylation sites (N-methyl/N-ethyl adjacent to an activating group) is 2. The summed E-state index contributed by atoms with van der Waals surface area (Å²) in [5, 5.41) is 29.5. The number of phenolic OH excluding ortho intramolecular Hbond substituents is 1. The summed E-state index contributed by atoms with van der Waals surface area (Å²) in [7, 11) is 3.45. The molecule has 2 aliphatic rings. The Kier molecular flexibility index (Phi) is 15.7. The molecular weight excluding hydrogens is 679 g/mol. The van der Waals surface area contributed by atoms with Gasteiger partial charge in [-0.25, -0.2) is 0 Å². The van der Waals surface area contributed by atoms with E-state index in [1.54, 1.807) is 25.2 Å². The van der Waals surface area contributed by atoms with E-state index in [9.17, 15) is 19.5 Å². The molecule has 3 aromatic carbocycles. The number of nitrogens with zero attached hydrogens (tertiary/aromatic N) is 3. The first-order valence-corrected chi connectivity index (χ1v) is 19.1. The summed E-state index contributed by atoms with van der Waals surface area (Å²) in [4.78, 5) is 42.4. The van der Waals surface area contributed by atoms with Crippen LogP contribution in [-0.2, 0) is 16.1 Å². The standard InChI is InChI=1S/C41H51N7O4.C2H6/c1-45-41(52)38(7-5-23-49)46(2)26-32-24-34(14-13-31(32)27-50)48-21-17-33(18-22-48)47-19-15-29(16-20-47)28-9-11-30(12-10-28)36(40(43)44)25-37(42)35-6-3-4-8-39(35)51;1-2/h3-4,6,8-14,23-25,27,29,33,38,42,51H,5,7,15-22,26H2,1-2H3,(H3,43,44)(H,45,52);1-2H3/b36-25-,42-37?;. The van der Waals surface area contributed by atoms with Crippen molar-refractivity contribution in [2.45, 2.75) is 76.9 Å². The van der Waals surface area contributed by atoms with Crippen LogP contribution in [0.3, 0.4) is 0 Å². The van der Waals surface area contributed by atoms with Crippen molar-refractivity contribution in [2.75, 3.05) is 45.2 Å². The molecule has 2 aliphatic heterocycles. The van der Waals surface area contributed by atoms with E-state index in [1.165, 1.54) is 17.7 Å². The first kappa shape index (κ1) is 41.6. The van der Waals surface area contributed by atoms with E-state index in [2.05, 4.69) is 33.3 Å². The summed E-state index contributed by atoms with van der Waals surface area (Å²) in [5.41, 5.74) is 11.4. The van der Waals surface area contributed by atoms with Crippen LogP contribution in [0.15, 0.2) is 72.8 Å². The van der Waals surface area contributed by atoms with Gasteiger partial charge in [-0.2, -0.15) is 0 Å². The van der Waals surface area contributed by atoms with Crippen LogP contribution in [0.1, 0.15) is 90.9 Å². The third-order valence-corrected chi connectivity index (χ3v) is 10.7. The van der Waals surface area contributed by atoms with Crippen molar-refractivity contribution < 1.29 is 19.5 Å². The summed E-state index contributed by atoms with van der Waals surface area (Å²) < 4.78 is 0. The molecule has 0 radical (unpaired) electrons. The predicted octanol–water partition coefficient (Wildman–Crippen LogP) is 5.99. The van der Waals surface area contributed by atoms with Crippen molar-refractivity contribution in [3.63, 3.8) is 0 Å². The highest BCUT2D eigenvalue weighted by atomic mass is 16.3. The molecule has 0 bridgehead atoms. The molecule has 1 unspecified atom stereocenters. The Morgan fingerprint density at radius 2 is 1.65 bits per heavy atom. The second-order valence-electron chi connectivity index (χ2n) is 13.8. The highest BCUT2D eigenvalue weighted by Gasteiger charge is 2.29. The van der Waals surface area contributed by atoms with Crippen LogP contribution >= 0.6 is 0 Å². The predicted molar refractivity (Wildman–Crippen MR) is 218 cm³/mol. The summed E-state index contributed by atoms with van der Waals surface area (Å²) in [5.74, 6) is 0.190. The quantitative estimate of drug-likeness (QED) is 0.0721. The average Bonchev–Trinajstić information content (AvgIpc) is 3.21. The Morgan fingerprint density at radius 1 is 0.981 bits per heavy atom. The van der Waals surface area contributed by atoms with Gasteiger partial charge in [0.1, 0.15) is 24.2 Å². The van der Waals surface area contributed by atoms with Crippen LogP contribution < -0.4 is 16.0 Å². The number of carbonyl (C=O) groups excluding carboxylic acids is 3. The number of aromatic hydroxyl groups is 1. The van der Waals surface area contributed by atoms with Gasteiger partial charge in [0.2, 0.25) is 5.91 Å². The molecule has 0 aliphatic carbocycles. The van der Waals surface area contributed by atoms with Gasteiger partial charge in [-0.1, -0.05) is 50.2 Å². The molecule has 2 saturated heterocycles. The van der Waals surface area contributed by atoms with E-state index >= 15 is 0 Å². The number of hydrogen-bond acceptors (Lipinski definition) is 9. The number of amidine groups is 1. The molecule has 54 heavy (non-hydrogen) atoms. The third-order valence-electron chi connectivity index (χ3n) is 10.7. The highest BCUT2D eigenvalue weighted by Crippen LogP contribution is 2.33. The molecule has 2 heterocycles. The Labute approximate surface area is 320 Å². The first-order valence-electron chi connectivity index (χ1n) is 19.1. The monoisotopic (exact) mass is 735 g/mol. The maximum atomic E-state index is 12.5. The fourth-order valence-corrected chi connectivity index (χ4v) is 7.63. The number of nitrogens with two attached hydrogens (primary N) is 1. The minimum Gasteiger partial charge on any atom is -0.507 e. The average molecular weight is 736 g/mol. The fraction of sp³-hybridized carbons (Fsp3) is 0.419. The molecule has 1 amide bonds. The number of phenols is 1. The largest absolute Gasteiger partial charge is 0.507 e. The Balaban J connectivity index is 0.00000319. The highest BCUT2D eigenvalue weighted by molar-refractivity contribution is 6.27. The number of aldehydes is 2. The summed E-state index contributed by atoms with van der Waals surface area (Å²) in [6.07, 6.45) is 8.21. The zero-order chi connectivity index (χ0) is 39.2. The van der Waals surface area contributed by atoms with Crippen molar-refractivity contribution >= 4 is 41.3 Å². The van der Waals surface area contributed by atoms with Gasteiger partial charge in [-0.05, 0) is 111 Å². The van der Waals surface area contributed by atoms with Crippen molar-refractivity contribution in [2.24, 2.45) is 5.73 Å². The summed E-state index contributed by atoms with van der Waals surface area (Å²) >= 11 is 0. The van der Waals surface area contributed by atoms with Crippen molar-refractivity contribution in [1.29, 1.82) is 10.8 Å². The zero-order valence-electron chi connectivity index (χ0n) is 32.2. The topological polar surface area (TPSA) is 167 Å². The number of benzene rings is 3. The van der Waals surface area contributed by atoms with Gasteiger partial charge < -0.3 is 36.2 Å². The molecule has 11 heteroatoms. The molecule has 0 aromatic heterocycles. The number of hydrogen-bond donors (Lipinski definition) is 5. The second-order valence-corrected chi connectivity index (χ2v) is 13.8. The van der Waals surface area contributed by atoms with E-state index in [4.69, 9.17) is 16.6 Å². The summed E-state index contributed by atoms with van der Waals surface area (Å²) in [6.45, 7) is 8.35. The lowest BCUT2D eigenvalue weighted by molar-refractivity contribution is -0.126. The maximum Gasteiger partial charge on any atom is 0.237 e. The molecule has 11 nitrogen and oxygen atoms in total. The molecule has 5 rings (SSSR count). The number of amides is 1. The lowest BCUT2D eigenvalue weighted by Crippen LogP contribution is -2.47. The number of carbonyl (C=O) groups is 3. The molecule has 1 atom stereocenters. The number of likely N-dealkylation sites (tertiary alicyclic amines) is 1. The van der Waals surface area contributed by atoms with Gasteiger partial charge in [-0.3, -0.25) is 19.9 Å². The molecule has 6 N–H and O–H groups in total. The van der Waals surface area contributed by atoms with Gasteiger partial charge in [0, 0.05) is 61.5 Å². The maximum absolute atomic E-state index is 12.5. The Hall–Kier alpha value is -5.13. The minimum absolute atomic E-state index is 0.0146. The number of anilines is 1. The van der Waals surface area contributed by atoms with Crippen molar-refractivity contribution in [3.05, 3.63) is 101 Å². The lowest BCUT2D eigenvalue weighted by atomic mass is 9.87. The first-order chi connectivity index (χ1) is 26.1. The molecule has 3 aromatic rings. The normalized spacial score (nSPS) is 16.2. The minimum atomic E-state index is -0.460. The van der Waals surface area contributed by atoms with E-state index in [1.807, 2.05) is 50.1 Å². The second kappa shape index (κ2) is 20.4. The van der Waals surface area contributed by atoms with Gasteiger partial charge >= 0.3 is 0 Å². The number of piperidine rings is 2. The van der Waals surface area contributed by atoms with E-state index in [0.717, 1.165) is 81.2 Å². The van der Waals surface area contributed by atoms with E-state index < -0.39 is 6.04 Å². The lowest BCUT2D eigenvalue weighted by Gasteiger charge is -2.42. The third kappa shape index (κ3) is 10.5. The van der Waals surface area contributed by atoms with E-state index in [0.29, 0.717) is 48.0 Å². The van der Waals surface area contributed by atoms with Gasteiger partial charge in [0.05, 0.1) is 11.8 Å². The smallest absolute Gasteiger partial charge is 0.237 e. The molecular formula is C43H57N7O4. The Bertz CT molecular complexity index is 1770. The van der Waals surface area contributed by atoms with Gasteiger partial charge in [0.25, 0.3) is 0 Å². The SMILES string of the molecule is CC.CNC(=O)C(CCC=O)N(C)Cc1cc(N2CCC(N3CCC(c4ccc(/C(=C/C(=N)c5ccccc5O)C(=N)N)cc4)CC3)CC2)ccc1C=O. The Morgan fingerprint density at radius 3 is 2.24 bits per heavy atom. The zero-order valence-corrected chi connectivity index (χ0v) is 32.2. The van der Waals surface area contributed by atoms with Gasteiger partial charge in [-0.15, -0.1) is 0 Å². The van der Waals surface area contributed by atoms with E-state index in [-0.39, 0.29) is 23.2 Å². The fourth-order valence-electron chi connectivity index (χ4n) is 7.63. The number of rotatable bonds is 15. The molecule has 0 spiro atoms. The van der Waals surface area contributed by atoms with Crippen molar-refractivity contribution in [3.8, 4) is 5.75 Å². The van der Waals surface area contributed by atoms with Crippen LogP contribution in [0, 0.1) is 10.8 Å².